The third-order valence-corrected chi connectivity index (χ3v) is 5.62. The number of carbonyl (C=O) groups excluding carboxylic acids is 1. The van der Waals surface area contributed by atoms with Gasteiger partial charge in [-0.3, -0.25) is 4.79 Å². The van der Waals surface area contributed by atoms with Crippen LogP contribution in [0, 0.1) is 13.8 Å². The van der Waals surface area contributed by atoms with E-state index in [-0.39, 0.29) is 5.91 Å². The van der Waals surface area contributed by atoms with Gasteiger partial charge in [-0.15, -0.1) is 21.5 Å². The summed E-state index contributed by atoms with van der Waals surface area (Å²) >= 11 is 1.47. The summed E-state index contributed by atoms with van der Waals surface area (Å²) in [5.74, 6) is 2.25. The molecule has 144 valence electrons. The number of rotatable bonds is 4. The number of hydrogen-bond donors (Lipinski definition) is 1. The van der Waals surface area contributed by atoms with Crippen LogP contribution < -0.4 is 10.2 Å². The van der Waals surface area contributed by atoms with Crippen molar-refractivity contribution in [3.63, 3.8) is 0 Å². The lowest BCUT2D eigenvalue weighted by Gasteiger charge is -2.35. The number of anilines is 3. The Balaban J connectivity index is 1.36. The van der Waals surface area contributed by atoms with E-state index < -0.39 is 0 Å². The van der Waals surface area contributed by atoms with Gasteiger partial charge in [0.2, 0.25) is 0 Å². The summed E-state index contributed by atoms with van der Waals surface area (Å²) in [5, 5.41) is 12.6. The van der Waals surface area contributed by atoms with E-state index in [0.29, 0.717) is 18.9 Å². The number of pyridine rings is 1. The Labute approximate surface area is 167 Å². The molecule has 0 radical (unpaired) electrons. The van der Waals surface area contributed by atoms with Gasteiger partial charge in [0, 0.05) is 32.4 Å². The summed E-state index contributed by atoms with van der Waals surface area (Å²) in [6, 6.07) is 9.47. The fourth-order valence-corrected chi connectivity index (χ4v) is 4.03. The zero-order chi connectivity index (χ0) is 19.5. The first-order valence-corrected chi connectivity index (χ1v) is 9.92. The second kappa shape index (κ2) is 7.89. The average Bonchev–Trinajstić information content (AvgIpc) is 3.07. The summed E-state index contributed by atoms with van der Waals surface area (Å²) in [6.45, 7) is 6.59. The average molecular weight is 395 g/mol. The highest BCUT2D eigenvalue weighted by Gasteiger charge is 2.25. The number of amides is 1. The van der Waals surface area contributed by atoms with Crippen molar-refractivity contribution >= 4 is 34.7 Å². The van der Waals surface area contributed by atoms with Gasteiger partial charge in [0.1, 0.15) is 10.7 Å². The van der Waals surface area contributed by atoms with Crippen LogP contribution in [0.4, 0.5) is 17.5 Å². The summed E-state index contributed by atoms with van der Waals surface area (Å²) in [5.41, 5.74) is 0.816. The first kappa shape index (κ1) is 18.3. The van der Waals surface area contributed by atoms with E-state index in [9.17, 15) is 4.79 Å². The molecule has 1 amide bonds. The molecule has 1 aliphatic heterocycles. The SMILES string of the molecule is Cc1nc(C)c(C(=O)N2CCN(c3ccc(Nc4ccccn4)nn3)CC2)s1. The van der Waals surface area contributed by atoms with Crippen LogP contribution in [0.5, 0.6) is 0 Å². The lowest BCUT2D eigenvalue weighted by Crippen LogP contribution is -2.49. The summed E-state index contributed by atoms with van der Waals surface area (Å²) in [4.78, 5) is 26.1. The minimum absolute atomic E-state index is 0.0729. The molecule has 4 rings (SSSR count). The van der Waals surface area contributed by atoms with Crippen molar-refractivity contribution in [2.24, 2.45) is 0 Å². The molecule has 1 saturated heterocycles. The van der Waals surface area contributed by atoms with Gasteiger partial charge in [-0.25, -0.2) is 9.97 Å². The molecule has 1 fully saturated rings. The normalized spacial score (nSPS) is 14.2. The first-order valence-electron chi connectivity index (χ1n) is 9.10. The van der Waals surface area contributed by atoms with Gasteiger partial charge in [0.15, 0.2) is 11.6 Å². The third kappa shape index (κ3) is 3.94. The van der Waals surface area contributed by atoms with Crippen LogP contribution in [0.15, 0.2) is 36.5 Å². The number of carbonyl (C=O) groups is 1. The number of hydrogen-bond acceptors (Lipinski definition) is 8. The van der Waals surface area contributed by atoms with Crippen molar-refractivity contribution in [1.29, 1.82) is 0 Å². The van der Waals surface area contributed by atoms with Gasteiger partial charge in [-0.05, 0) is 38.1 Å². The molecule has 9 heteroatoms. The third-order valence-electron chi connectivity index (χ3n) is 4.56. The second-order valence-electron chi connectivity index (χ2n) is 6.54. The fraction of sp³-hybridized carbons (Fsp3) is 0.316. The lowest BCUT2D eigenvalue weighted by atomic mass is 10.2. The molecular weight excluding hydrogens is 374 g/mol. The molecule has 1 aliphatic rings. The highest BCUT2D eigenvalue weighted by atomic mass is 32.1. The Morgan fingerprint density at radius 1 is 1.04 bits per heavy atom. The Bertz CT molecular complexity index is 950. The number of aryl methyl sites for hydroxylation is 2. The van der Waals surface area contributed by atoms with Gasteiger partial charge in [-0.1, -0.05) is 6.07 Å². The van der Waals surface area contributed by atoms with Crippen molar-refractivity contribution in [3.8, 4) is 0 Å². The number of nitrogens with zero attached hydrogens (tertiary/aromatic N) is 6. The van der Waals surface area contributed by atoms with Gasteiger partial charge in [-0.2, -0.15) is 0 Å². The monoisotopic (exact) mass is 395 g/mol. The summed E-state index contributed by atoms with van der Waals surface area (Å²) in [6.07, 6.45) is 1.72. The minimum Gasteiger partial charge on any atom is -0.352 e. The number of thiazole rings is 1. The van der Waals surface area contributed by atoms with Gasteiger partial charge in [0.05, 0.1) is 10.7 Å². The van der Waals surface area contributed by atoms with Crippen LogP contribution in [-0.4, -0.2) is 57.2 Å². The molecule has 0 aliphatic carbocycles. The Kier molecular flexibility index (Phi) is 5.16. The largest absolute Gasteiger partial charge is 0.352 e. The number of aromatic nitrogens is 4. The van der Waals surface area contributed by atoms with E-state index in [1.807, 2.05) is 49.1 Å². The van der Waals surface area contributed by atoms with E-state index in [1.165, 1.54) is 11.3 Å². The molecule has 3 aromatic heterocycles. The molecule has 0 spiro atoms. The molecule has 0 unspecified atom stereocenters. The van der Waals surface area contributed by atoms with Crippen molar-refractivity contribution in [3.05, 3.63) is 52.1 Å². The zero-order valence-electron chi connectivity index (χ0n) is 15.8. The standard InChI is InChI=1S/C19H21N7OS/c1-13-18(28-14(2)21-13)19(27)26-11-9-25(10-12-26)17-7-6-16(23-24-17)22-15-5-3-4-8-20-15/h3-8H,9-12H2,1-2H3,(H,20,22,23). The highest BCUT2D eigenvalue weighted by Crippen LogP contribution is 2.21. The lowest BCUT2D eigenvalue weighted by molar-refractivity contribution is 0.0750. The van der Waals surface area contributed by atoms with Gasteiger partial charge >= 0.3 is 0 Å². The van der Waals surface area contributed by atoms with Crippen LogP contribution in [0.1, 0.15) is 20.4 Å². The van der Waals surface area contributed by atoms with E-state index in [4.69, 9.17) is 0 Å². The Morgan fingerprint density at radius 2 is 1.86 bits per heavy atom. The van der Waals surface area contributed by atoms with E-state index in [1.54, 1.807) is 6.20 Å². The second-order valence-corrected chi connectivity index (χ2v) is 7.75. The molecule has 0 bridgehead atoms. The van der Waals surface area contributed by atoms with Crippen molar-refractivity contribution in [2.45, 2.75) is 13.8 Å². The van der Waals surface area contributed by atoms with Crippen LogP contribution in [0.3, 0.4) is 0 Å². The molecule has 8 nitrogen and oxygen atoms in total. The van der Waals surface area contributed by atoms with E-state index in [0.717, 1.165) is 40.3 Å². The van der Waals surface area contributed by atoms with Crippen LogP contribution >= 0.6 is 11.3 Å². The predicted molar refractivity (Wildman–Crippen MR) is 109 cm³/mol. The minimum atomic E-state index is 0.0729. The van der Waals surface area contributed by atoms with E-state index >= 15 is 0 Å². The maximum Gasteiger partial charge on any atom is 0.265 e. The highest BCUT2D eigenvalue weighted by molar-refractivity contribution is 7.13. The molecule has 0 saturated carbocycles. The molecular formula is C19H21N7OS. The van der Waals surface area contributed by atoms with Crippen molar-refractivity contribution in [1.82, 2.24) is 25.1 Å². The van der Waals surface area contributed by atoms with E-state index in [2.05, 4.69) is 30.4 Å². The molecule has 28 heavy (non-hydrogen) atoms. The van der Waals surface area contributed by atoms with Crippen LogP contribution in [0.25, 0.3) is 0 Å². The zero-order valence-corrected chi connectivity index (χ0v) is 16.6. The van der Waals surface area contributed by atoms with Gasteiger partial charge in [0.25, 0.3) is 5.91 Å². The number of nitrogens with one attached hydrogen (secondary N) is 1. The smallest absolute Gasteiger partial charge is 0.265 e. The Morgan fingerprint density at radius 3 is 2.46 bits per heavy atom. The molecule has 4 heterocycles. The fourth-order valence-electron chi connectivity index (χ4n) is 3.14. The summed E-state index contributed by atoms with van der Waals surface area (Å²) < 4.78 is 0. The molecule has 0 aromatic carbocycles. The van der Waals surface area contributed by atoms with Crippen LogP contribution in [0.2, 0.25) is 0 Å². The van der Waals surface area contributed by atoms with Crippen LogP contribution in [-0.2, 0) is 0 Å². The Hall–Kier alpha value is -3.07. The summed E-state index contributed by atoms with van der Waals surface area (Å²) in [7, 11) is 0. The maximum atomic E-state index is 12.7. The molecule has 1 N–H and O–H groups in total. The van der Waals surface area contributed by atoms with Gasteiger partial charge < -0.3 is 15.1 Å². The molecule has 3 aromatic rings. The number of piperazine rings is 1. The maximum absolute atomic E-state index is 12.7. The van der Waals surface area contributed by atoms with Crippen molar-refractivity contribution in [2.75, 3.05) is 36.4 Å². The molecule has 0 atom stereocenters. The van der Waals surface area contributed by atoms with Crippen molar-refractivity contribution < 1.29 is 4.79 Å². The first-order chi connectivity index (χ1) is 13.6. The quantitative estimate of drug-likeness (QED) is 0.727. The topological polar surface area (TPSA) is 87.1 Å². The predicted octanol–water partition coefficient (Wildman–Crippen LogP) is 2.65.